The number of aryl methyl sites for hydroxylation is 3. The Morgan fingerprint density at radius 2 is 2.00 bits per heavy atom. The first-order valence-electron chi connectivity index (χ1n) is 7.91. The average molecular weight is 313 g/mol. The number of nitrogens with zero attached hydrogens (tertiary/aromatic N) is 4. The highest BCUT2D eigenvalue weighted by Gasteiger charge is 2.08. The number of aromatic nitrogens is 4. The third-order valence-corrected chi connectivity index (χ3v) is 4.34. The van der Waals surface area contributed by atoms with Crippen molar-refractivity contribution >= 4 is 11.0 Å². The minimum absolute atomic E-state index is 0.0118. The Bertz CT molecular complexity index is 844. The summed E-state index contributed by atoms with van der Waals surface area (Å²) in [6.07, 6.45) is 4.81. The van der Waals surface area contributed by atoms with Gasteiger partial charge in [-0.1, -0.05) is 6.07 Å². The molecule has 0 saturated heterocycles. The van der Waals surface area contributed by atoms with E-state index in [0.29, 0.717) is 6.04 Å². The highest BCUT2D eigenvalue weighted by Crippen LogP contribution is 2.14. The highest BCUT2D eigenvalue weighted by atomic mass is 16.1. The van der Waals surface area contributed by atoms with Crippen molar-refractivity contribution < 1.29 is 0 Å². The lowest BCUT2D eigenvalue weighted by Gasteiger charge is -2.14. The first-order valence-corrected chi connectivity index (χ1v) is 7.91. The molecule has 0 saturated carbocycles. The summed E-state index contributed by atoms with van der Waals surface area (Å²) in [5.41, 5.74) is 3.14. The first kappa shape index (κ1) is 15.6. The molecule has 1 aromatic carbocycles. The van der Waals surface area contributed by atoms with Crippen LogP contribution in [0.3, 0.4) is 0 Å². The number of nitrogens with one attached hydrogen (secondary N) is 1. The molecule has 0 fully saturated rings. The predicted octanol–water partition coefficient (Wildman–Crippen LogP) is 1.64. The second-order valence-corrected chi connectivity index (χ2v) is 6.06. The summed E-state index contributed by atoms with van der Waals surface area (Å²) in [4.78, 5) is 12.0. The van der Waals surface area contributed by atoms with Gasteiger partial charge in [-0.25, -0.2) is 4.79 Å². The Hall–Kier alpha value is -2.34. The van der Waals surface area contributed by atoms with Crippen molar-refractivity contribution in [2.75, 3.05) is 0 Å². The van der Waals surface area contributed by atoms with Crippen LogP contribution in [0.15, 0.2) is 41.5 Å². The summed E-state index contributed by atoms with van der Waals surface area (Å²) in [6.45, 7) is 3.88. The highest BCUT2D eigenvalue weighted by molar-refractivity contribution is 5.76. The minimum atomic E-state index is 0.0118. The van der Waals surface area contributed by atoms with E-state index in [-0.39, 0.29) is 5.69 Å². The Morgan fingerprint density at radius 1 is 1.22 bits per heavy atom. The Balaban J connectivity index is 1.63. The fourth-order valence-electron chi connectivity index (χ4n) is 2.82. The zero-order valence-corrected chi connectivity index (χ0v) is 13.9. The van der Waals surface area contributed by atoms with Gasteiger partial charge in [0.2, 0.25) is 0 Å². The van der Waals surface area contributed by atoms with E-state index in [1.165, 1.54) is 5.56 Å². The lowest BCUT2D eigenvalue weighted by Crippen LogP contribution is -2.26. The number of benzene rings is 1. The molecule has 1 N–H and O–H groups in total. The molecule has 6 heteroatoms. The van der Waals surface area contributed by atoms with Crippen molar-refractivity contribution in [3.8, 4) is 0 Å². The van der Waals surface area contributed by atoms with Crippen LogP contribution in [0.4, 0.5) is 0 Å². The van der Waals surface area contributed by atoms with Gasteiger partial charge in [-0.05, 0) is 37.1 Å². The zero-order chi connectivity index (χ0) is 16.4. The molecule has 0 aliphatic heterocycles. The van der Waals surface area contributed by atoms with E-state index < -0.39 is 0 Å². The molecule has 2 heterocycles. The fraction of sp³-hybridized carbons (Fsp3) is 0.412. The second-order valence-electron chi connectivity index (χ2n) is 6.06. The first-order chi connectivity index (χ1) is 11.1. The summed E-state index contributed by atoms with van der Waals surface area (Å²) < 4.78 is 5.32. The Labute approximate surface area is 135 Å². The molecule has 122 valence electrons. The molecule has 1 unspecified atom stereocenters. The molecule has 2 aromatic heterocycles. The van der Waals surface area contributed by atoms with Crippen LogP contribution in [0.2, 0.25) is 0 Å². The summed E-state index contributed by atoms with van der Waals surface area (Å²) in [6, 6.07) is 8.52. The summed E-state index contributed by atoms with van der Waals surface area (Å²) in [5.74, 6) is 0. The van der Waals surface area contributed by atoms with Gasteiger partial charge in [0.15, 0.2) is 0 Å². The quantitative estimate of drug-likeness (QED) is 0.753. The van der Waals surface area contributed by atoms with Crippen molar-refractivity contribution in [2.24, 2.45) is 14.1 Å². The molecule has 23 heavy (non-hydrogen) atoms. The average Bonchev–Trinajstić information content (AvgIpc) is 3.15. The molecule has 3 aromatic rings. The van der Waals surface area contributed by atoms with E-state index >= 15 is 0 Å². The normalized spacial score (nSPS) is 12.8. The lowest BCUT2D eigenvalue weighted by molar-refractivity contribution is 0.458. The fourth-order valence-corrected chi connectivity index (χ4v) is 2.82. The van der Waals surface area contributed by atoms with Gasteiger partial charge in [0.05, 0.1) is 11.0 Å². The van der Waals surface area contributed by atoms with Crippen molar-refractivity contribution in [1.82, 2.24) is 24.2 Å². The lowest BCUT2D eigenvalue weighted by atomic mass is 10.1. The second kappa shape index (κ2) is 6.42. The van der Waals surface area contributed by atoms with E-state index in [4.69, 9.17) is 0 Å². The molecule has 0 spiro atoms. The van der Waals surface area contributed by atoms with Crippen LogP contribution in [0.1, 0.15) is 18.9 Å². The summed E-state index contributed by atoms with van der Waals surface area (Å²) >= 11 is 0. The van der Waals surface area contributed by atoms with Crippen molar-refractivity contribution in [3.63, 3.8) is 0 Å². The molecule has 3 rings (SSSR count). The number of hydrogen-bond donors (Lipinski definition) is 1. The van der Waals surface area contributed by atoms with Crippen LogP contribution < -0.4 is 11.0 Å². The van der Waals surface area contributed by atoms with Gasteiger partial charge in [0, 0.05) is 45.6 Å². The van der Waals surface area contributed by atoms with Crippen LogP contribution in [0.5, 0.6) is 0 Å². The van der Waals surface area contributed by atoms with E-state index in [1.807, 2.05) is 30.1 Å². The van der Waals surface area contributed by atoms with E-state index in [2.05, 4.69) is 29.5 Å². The van der Waals surface area contributed by atoms with Crippen LogP contribution >= 0.6 is 0 Å². The molecule has 1 atom stereocenters. The molecule has 0 aliphatic carbocycles. The van der Waals surface area contributed by atoms with E-state index in [1.54, 1.807) is 22.4 Å². The van der Waals surface area contributed by atoms with Gasteiger partial charge in [0.1, 0.15) is 0 Å². The van der Waals surface area contributed by atoms with Gasteiger partial charge in [0.25, 0.3) is 0 Å². The monoisotopic (exact) mass is 313 g/mol. The van der Waals surface area contributed by atoms with E-state index in [0.717, 1.165) is 30.5 Å². The molecule has 6 nitrogen and oxygen atoms in total. The number of hydrogen-bond acceptors (Lipinski definition) is 3. The van der Waals surface area contributed by atoms with Gasteiger partial charge in [-0.15, -0.1) is 0 Å². The smallest absolute Gasteiger partial charge is 0.310 e. The predicted molar refractivity (Wildman–Crippen MR) is 91.3 cm³/mol. The van der Waals surface area contributed by atoms with Crippen LogP contribution in [0, 0.1) is 0 Å². The minimum Gasteiger partial charge on any atom is -0.310 e. The topological polar surface area (TPSA) is 56.8 Å². The third-order valence-electron chi connectivity index (χ3n) is 4.34. The molecule has 0 radical (unpaired) electrons. The summed E-state index contributed by atoms with van der Waals surface area (Å²) in [7, 11) is 3.62. The maximum atomic E-state index is 12.0. The van der Waals surface area contributed by atoms with Crippen LogP contribution in [-0.4, -0.2) is 25.0 Å². The molecule has 0 bridgehead atoms. The maximum Gasteiger partial charge on any atom is 0.328 e. The number of imidazole rings is 1. The zero-order valence-electron chi connectivity index (χ0n) is 13.9. The van der Waals surface area contributed by atoms with Crippen molar-refractivity contribution in [3.05, 3.63) is 52.7 Å². The standard InChI is InChI=1S/C17H23N5O/c1-13(7-10-22-9-4-8-19-22)18-12-14-5-6-15-16(11-14)21(3)17(23)20(15)2/h4-6,8-9,11,13,18H,7,10,12H2,1-3H3. The Morgan fingerprint density at radius 3 is 2.74 bits per heavy atom. The van der Waals surface area contributed by atoms with Crippen LogP contribution in [0.25, 0.3) is 11.0 Å². The SMILES string of the molecule is CC(CCn1cccn1)NCc1ccc2c(c1)n(C)c(=O)n2C. The third kappa shape index (κ3) is 3.22. The summed E-state index contributed by atoms with van der Waals surface area (Å²) in [5, 5.41) is 7.75. The van der Waals surface area contributed by atoms with Gasteiger partial charge in [-0.2, -0.15) is 5.10 Å². The number of rotatable bonds is 6. The number of fused-ring (bicyclic) bond motifs is 1. The van der Waals surface area contributed by atoms with Crippen molar-refractivity contribution in [2.45, 2.75) is 32.5 Å². The molecular weight excluding hydrogens is 290 g/mol. The Kier molecular flexibility index (Phi) is 4.34. The van der Waals surface area contributed by atoms with E-state index in [9.17, 15) is 4.79 Å². The largest absolute Gasteiger partial charge is 0.328 e. The molecule has 0 amide bonds. The van der Waals surface area contributed by atoms with Crippen molar-refractivity contribution in [1.29, 1.82) is 0 Å². The van der Waals surface area contributed by atoms with Gasteiger partial charge >= 0.3 is 5.69 Å². The molecule has 0 aliphatic rings. The van der Waals surface area contributed by atoms with Gasteiger partial charge in [-0.3, -0.25) is 13.8 Å². The van der Waals surface area contributed by atoms with Crippen LogP contribution in [-0.2, 0) is 27.2 Å². The molecular formula is C17H23N5O. The van der Waals surface area contributed by atoms with Gasteiger partial charge < -0.3 is 5.32 Å². The maximum absolute atomic E-state index is 12.0.